The second kappa shape index (κ2) is 6.84. The lowest BCUT2D eigenvalue weighted by molar-refractivity contribution is 0.640. The van der Waals surface area contributed by atoms with Crippen LogP contribution in [0.2, 0.25) is 0 Å². The summed E-state index contributed by atoms with van der Waals surface area (Å²) >= 11 is 0. The van der Waals surface area contributed by atoms with Crippen molar-refractivity contribution in [2.24, 2.45) is 0 Å². The van der Waals surface area contributed by atoms with E-state index < -0.39 is 0 Å². The summed E-state index contributed by atoms with van der Waals surface area (Å²) in [6.07, 6.45) is 5.32. The van der Waals surface area contributed by atoms with E-state index in [1.54, 1.807) is 6.33 Å². The van der Waals surface area contributed by atoms with Crippen molar-refractivity contribution >= 4 is 17.2 Å². The molecule has 9 heteroatoms. The van der Waals surface area contributed by atoms with Crippen LogP contribution in [0.25, 0.3) is 11.3 Å². The standard InChI is InChI=1S/C20H23N9/c1-14-10-16(3)29(25-14)19-12-18(22-13-23-19)26-6-8-27(9-7-26)20-17-11-15(2)24-28(17)5-4-21-20/h4-5,10-13H,6-9H2,1-3H3. The van der Waals surface area contributed by atoms with Crippen molar-refractivity contribution in [1.82, 2.24) is 34.3 Å². The second-order valence-corrected chi connectivity index (χ2v) is 7.41. The third-order valence-corrected chi connectivity index (χ3v) is 5.26. The Bertz CT molecular complexity index is 1170. The Morgan fingerprint density at radius 1 is 0.759 bits per heavy atom. The van der Waals surface area contributed by atoms with Gasteiger partial charge in [0.15, 0.2) is 11.6 Å². The van der Waals surface area contributed by atoms with Gasteiger partial charge in [0.1, 0.15) is 17.7 Å². The third-order valence-electron chi connectivity index (χ3n) is 5.26. The average Bonchev–Trinajstić information content (AvgIpc) is 3.28. The van der Waals surface area contributed by atoms with Gasteiger partial charge in [0.05, 0.1) is 11.4 Å². The lowest BCUT2D eigenvalue weighted by Crippen LogP contribution is -2.47. The van der Waals surface area contributed by atoms with Crippen molar-refractivity contribution in [1.29, 1.82) is 0 Å². The Morgan fingerprint density at radius 2 is 1.48 bits per heavy atom. The van der Waals surface area contributed by atoms with Gasteiger partial charge >= 0.3 is 0 Å². The number of aryl methyl sites for hydroxylation is 3. The van der Waals surface area contributed by atoms with Gasteiger partial charge in [-0.3, -0.25) is 0 Å². The van der Waals surface area contributed by atoms with Crippen LogP contribution in [0.3, 0.4) is 0 Å². The maximum absolute atomic E-state index is 4.62. The largest absolute Gasteiger partial charge is 0.353 e. The van der Waals surface area contributed by atoms with E-state index >= 15 is 0 Å². The molecule has 4 aromatic rings. The fraction of sp³-hybridized carbons (Fsp3) is 0.350. The molecule has 0 aromatic carbocycles. The Kier molecular flexibility index (Phi) is 4.15. The summed E-state index contributed by atoms with van der Waals surface area (Å²) in [6.45, 7) is 9.50. The molecule has 0 bridgehead atoms. The fourth-order valence-corrected chi connectivity index (χ4v) is 3.91. The first-order valence-electron chi connectivity index (χ1n) is 9.75. The van der Waals surface area contributed by atoms with E-state index in [-0.39, 0.29) is 0 Å². The van der Waals surface area contributed by atoms with Crippen LogP contribution < -0.4 is 9.80 Å². The van der Waals surface area contributed by atoms with E-state index in [0.717, 1.165) is 66.2 Å². The first-order chi connectivity index (χ1) is 14.1. The highest BCUT2D eigenvalue weighted by Gasteiger charge is 2.22. The summed E-state index contributed by atoms with van der Waals surface area (Å²) in [6, 6.07) is 6.14. The highest BCUT2D eigenvalue weighted by Crippen LogP contribution is 2.23. The molecule has 5 rings (SSSR count). The van der Waals surface area contributed by atoms with Crippen molar-refractivity contribution in [2.45, 2.75) is 20.8 Å². The van der Waals surface area contributed by atoms with Gasteiger partial charge in [-0.1, -0.05) is 0 Å². The third kappa shape index (κ3) is 3.18. The zero-order valence-corrected chi connectivity index (χ0v) is 16.8. The minimum Gasteiger partial charge on any atom is -0.353 e. The van der Waals surface area contributed by atoms with Crippen molar-refractivity contribution in [2.75, 3.05) is 36.0 Å². The number of anilines is 2. The first-order valence-corrected chi connectivity index (χ1v) is 9.75. The van der Waals surface area contributed by atoms with E-state index in [0.29, 0.717) is 0 Å². The highest BCUT2D eigenvalue weighted by molar-refractivity contribution is 5.69. The highest BCUT2D eigenvalue weighted by atomic mass is 15.3. The molecule has 0 saturated carbocycles. The van der Waals surface area contributed by atoms with Crippen LogP contribution in [0.1, 0.15) is 17.1 Å². The van der Waals surface area contributed by atoms with Gasteiger partial charge in [0, 0.05) is 50.3 Å². The number of nitrogens with zero attached hydrogens (tertiary/aromatic N) is 9. The number of rotatable bonds is 3. The maximum atomic E-state index is 4.62. The molecule has 0 amide bonds. The minimum atomic E-state index is 0.796. The van der Waals surface area contributed by atoms with Crippen molar-refractivity contribution < 1.29 is 0 Å². The van der Waals surface area contributed by atoms with Crippen LogP contribution in [0.15, 0.2) is 36.9 Å². The predicted octanol–water partition coefficient (Wildman–Crippen LogP) is 1.96. The summed E-state index contributed by atoms with van der Waals surface area (Å²) in [7, 11) is 0. The van der Waals surface area contributed by atoms with Crippen LogP contribution in [-0.4, -0.2) is 60.5 Å². The van der Waals surface area contributed by atoms with Gasteiger partial charge in [0.2, 0.25) is 0 Å². The quantitative estimate of drug-likeness (QED) is 0.530. The normalized spacial score (nSPS) is 14.7. The maximum Gasteiger partial charge on any atom is 0.159 e. The molecular weight excluding hydrogens is 366 g/mol. The Hall–Kier alpha value is -3.49. The molecule has 1 fully saturated rings. The molecule has 1 saturated heterocycles. The van der Waals surface area contributed by atoms with Crippen LogP contribution in [-0.2, 0) is 0 Å². The molecule has 0 N–H and O–H groups in total. The minimum absolute atomic E-state index is 0.796. The zero-order chi connectivity index (χ0) is 20.0. The van der Waals surface area contributed by atoms with Crippen LogP contribution in [0.4, 0.5) is 11.6 Å². The van der Waals surface area contributed by atoms with Crippen LogP contribution >= 0.6 is 0 Å². The van der Waals surface area contributed by atoms with Gasteiger partial charge in [-0.05, 0) is 32.9 Å². The van der Waals surface area contributed by atoms with Gasteiger partial charge in [-0.2, -0.15) is 10.2 Å². The fourth-order valence-electron chi connectivity index (χ4n) is 3.91. The first kappa shape index (κ1) is 17.6. The lowest BCUT2D eigenvalue weighted by Gasteiger charge is -2.36. The second-order valence-electron chi connectivity index (χ2n) is 7.41. The van der Waals surface area contributed by atoms with Gasteiger partial charge in [-0.25, -0.2) is 24.1 Å². The number of fused-ring (bicyclic) bond motifs is 1. The van der Waals surface area contributed by atoms with E-state index in [4.69, 9.17) is 0 Å². The number of hydrogen-bond donors (Lipinski definition) is 0. The Labute approximate surface area is 168 Å². The molecule has 5 heterocycles. The van der Waals surface area contributed by atoms with E-state index in [9.17, 15) is 0 Å². The van der Waals surface area contributed by atoms with Gasteiger partial charge in [-0.15, -0.1) is 0 Å². The Balaban J connectivity index is 1.36. The predicted molar refractivity (Wildman–Crippen MR) is 111 cm³/mol. The Morgan fingerprint density at radius 3 is 2.24 bits per heavy atom. The monoisotopic (exact) mass is 389 g/mol. The van der Waals surface area contributed by atoms with Crippen LogP contribution in [0, 0.1) is 20.8 Å². The molecule has 0 spiro atoms. The molecule has 0 aliphatic carbocycles. The summed E-state index contributed by atoms with van der Waals surface area (Å²) in [5.41, 5.74) is 4.09. The van der Waals surface area contributed by atoms with Crippen LogP contribution in [0.5, 0.6) is 0 Å². The average molecular weight is 389 g/mol. The van der Waals surface area contributed by atoms with E-state index in [1.807, 2.05) is 54.5 Å². The van der Waals surface area contributed by atoms with Crippen molar-refractivity contribution in [3.8, 4) is 5.82 Å². The summed E-state index contributed by atoms with van der Waals surface area (Å²) in [4.78, 5) is 18.1. The van der Waals surface area contributed by atoms with Crippen molar-refractivity contribution in [3.05, 3.63) is 54.0 Å². The molecule has 4 aromatic heterocycles. The van der Waals surface area contributed by atoms with E-state index in [2.05, 4.69) is 41.0 Å². The summed E-state index contributed by atoms with van der Waals surface area (Å²) in [5.74, 6) is 2.71. The molecule has 148 valence electrons. The number of aromatic nitrogens is 7. The van der Waals surface area contributed by atoms with Crippen molar-refractivity contribution in [3.63, 3.8) is 0 Å². The molecular formula is C20H23N9. The number of hydrogen-bond acceptors (Lipinski definition) is 7. The molecule has 0 radical (unpaired) electrons. The molecule has 29 heavy (non-hydrogen) atoms. The number of piperazine rings is 1. The molecule has 1 aliphatic rings. The summed E-state index contributed by atoms with van der Waals surface area (Å²) < 4.78 is 3.76. The SMILES string of the molecule is Cc1cc(C)n(-c2cc(N3CCN(c4nccn5nc(C)cc45)CC3)ncn2)n1. The molecule has 0 unspecified atom stereocenters. The lowest BCUT2D eigenvalue weighted by atomic mass is 10.3. The molecule has 1 aliphatic heterocycles. The molecule has 9 nitrogen and oxygen atoms in total. The smallest absolute Gasteiger partial charge is 0.159 e. The summed E-state index contributed by atoms with van der Waals surface area (Å²) in [5, 5.41) is 9.03. The van der Waals surface area contributed by atoms with Gasteiger partial charge in [0.25, 0.3) is 0 Å². The topological polar surface area (TPSA) is 80.3 Å². The van der Waals surface area contributed by atoms with Gasteiger partial charge < -0.3 is 9.80 Å². The zero-order valence-electron chi connectivity index (χ0n) is 16.8. The molecule has 0 atom stereocenters. The van der Waals surface area contributed by atoms with E-state index in [1.165, 1.54) is 0 Å².